The molecule has 0 bridgehead atoms. The Morgan fingerprint density at radius 1 is 1.47 bits per heavy atom. The van der Waals surface area contributed by atoms with Crippen LogP contribution in [-0.4, -0.2) is 24.2 Å². The number of hydrogen-bond acceptors (Lipinski definition) is 3. The molecule has 1 fully saturated rings. The zero-order chi connectivity index (χ0) is 14.0. The first kappa shape index (κ1) is 13.9. The molecule has 0 aromatic heterocycles. The van der Waals surface area contributed by atoms with E-state index in [0.29, 0.717) is 0 Å². The third-order valence-corrected chi connectivity index (χ3v) is 3.64. The van der Waals surface area contributed by atoms with E-state index in [1.54, 1.807) is 7.11 Å². The summed E-state index contributed by atoms with van der Waals surface area (Å²) in [6.07, 6.45) is 2.00. The highest BCUT2D eigenvalue weighted by molar-refractivity contribution is 5.74. The second-order valence-corrected chi connectivity index (χ2v) is 5.29. The highest BCUT2D eigenvalue weighted by Gasteiger charge is 2.37. The highest BCUT2D eigenvalue weighted by atomic mass is 16.5. The van der Waals surface area contributed by atoms with E-state index < -0.39 is 12.0 Å². The number of hydrogen-bond donors (Lipinski definition) is 2. The van der Waals surface area contributed by atoms with Gasteiger partial charge in [-0.3, -0.25) is 10.1 Å². The van der Waals surface area contributed by atoms with Gasteiger partial charge in [0.15, 0.2) is 0 Å². The average molecular weight is 263 g/mol. The quantitative estimate of drug-likeness (QED) is 0.828. The van der Waals surface area contributed by atoms with E-state index in [1.165, 1.54) is 0 Å². The van der Waals surface area contributed by atoms with Crippen LogP contribution < -0.4 is 10.1 Å². The summed E-state index contributed by atoms with van der Waals surface area (Å²) in [5.74, 6) is 0.308. The van der Waals surface area contributed by atoms with Crippen molar-refractivity contribution in [1.82, 2.24) is 5.32 Å². The summed E-state index contributed by atoms with van der Waals surface area (Å²) in [4.78, 5) is 11.3. The lowest BCUT2D eigenvalue weighted by atomic mass is 10.0. The van der Waals surface area contributed by atoms with Crippen molar-refractivity contribution in [3.05, 3.63) is 29.3 Å². The first-order valence-corrected chi connectivity index (χ1v) is 6.66. The van der Waals surface area contributed by atoms with Crippen LogP contribution in [-0.2, 0) is 4.79 Å². The number of rotatable bonds is 6. The van der Waals surface area contributed by atoms with Gasteiger partial charge in [-0.25, -0.2) is 0 Å². The number of nitrogens with one attached hydrogen (secondary N) is 1. The van der Waals surface area contributed by atoms with Gasteiger partial charge < -0.3 is 9.84 Å². The summed E-state index contributed by atoms with van der Waals surface area (Å²) in [5.41, 5.74) is 2.15. The lowest BCUT2D eigenvalue weighted by Crippen LogP contribution is -2.40. The van der Waals surface area contributed by atoms with E-state index in [0.717, 1.165) is 29.7 Å². The number of carboxylic acid groups (broad SMARTS) is 1. The Hall–Kier alpha value is -1.55. The summed E-state index contributed by atoms with van der Waals surface area (Å²) >= 11 is 0. The summed E-state index contributed by atoms with van der Waals surface area (Å²) in [5, 5.41) is 12.5. The molecule has 0 saturated heterocycles. The SMILES string of the molecule is COc1ccc(C)cc1C(C)NC(C(=O)O)C1CC1. The maximum absolute atomic E-state index is 11.3. The van der Waals surface area contributed by atoms with Gasteiger partial charge in [-0.1, -0.05) is 17.7 Å². The number of benzene rings is 1. The minimum absolute atomic E-state index is 0.0449. The predicted molar refractivity (Wildman–Crippen MR) is 73.4 cm³/mol. The van der Waals surface area contributed by atoms with Crippen LogP contribution in [0.2, 0.25) is 0 Å². The topological polar surface area (TPSA) is 58.6 Å². The van der Waals surface area contributed by atoms with E-state index in [4.69, 9.17) is 4.74 Å². The molecule has 0 aliphatic heterocycles. The number of methoxy groups -OCH3 is 1. The molecule has 4 nitrogen and oxygen atoms in total. The average Bonchev–Trinajstić information content (AvgIpc) is 3.19. The molecular weight excluding hydrogens is 242 g/mol. The largest absolute Gasteiger partial charge is 0.496 e. The van der Waals surface area contributed by atoms with Crippen LogP contribution in [0.1, 0.15) is 36.9 Å². The molecule has 1 saturated carbocycles. The molecule has 2 N–H and O–H groups in total. The zero-order valence-corrected chi connectivity index (χ0v) is 11.6. The van der Waals surface area contributed by atoms with Gasteiger partial charge in [0.05, 0.1) is 7.11 Å². The molecule has 0 amide bonds. The molecule has 2 atom stereocenters. The third-order valence-electron chi connectivity index (χ3n) is 3.64. The number of ether oxygens (including phenoxy) is 1. The van der Waals surface area contributed by atoms with Crippen molar-refractivity contribution in [3.8, 4) is 5.75 Å². The van der Waals surface area contributed by atoms with Crippen LogP contribution in [0.5, 0.6) is 5.75 Å². The van der Waals surface area contributed by atoms with Crippen molar-refractivity contribution in [3.63, 3.8) is 0 Å². The molecule has 1 aromatic rings. The maximum atomic E-state index is 11.3. The fourth-order valence-corrected chi connectivity index (χ4v) is 2.39. The van der Waals surface area contributed by atoms with Crippen molar-refractivity contribution in [2.45, 2.75) is 38.8 Å². The van der Waals surface area contributed by atoms with Crippen molar-refractivity contribution in [2.24, 2.45) is 5.92 Å². The van der Waals surface area contributed by atoms with Gasteiger partial charge in [-0.2, -0.15) is 0 Å². The first-order chi connectivity index (χ1) is 9.02. The van der Waals surface area contributed by atoms with E-state index in [2.05, 4.69) is 5.32 Å². The van der Waals surface area contributed by atoms with Crippen molar-refractivity contribution < 1.29 is 14.6 Å². The predicted octanol–water partition coefficient (Wildman–Crippen LogP) is 2.52. The maximum Gasteiger partial charge on any atom is 0.320 e. The number of aryl methyl sites for hydroxylation is 1. The second-order valence-electron chi connectivity index (χ2n) is 5.29. The summed E-state index contributed by atoms with van der Waals surface area (Å²) < 4.78 is 5.35. The van der Waals surface area contributed by atoms with Gasteiger partial charge in [-0.15, -0.1) is 0 Å². The minimum Gasteiger partial charge on any atom is -0.496 e. The fraction of sp³-hybridized carbons (Fsp3) is 0.533. The Morgan fingerprint density at radius 2 is 2.16 bits per heavy atom. The van der Waals surface area contributed by atoms with Crippen molar-refractivity contribution in [2.75, 3.05) is 7.11 Å². The summed E-state index contributed by atoms with van der Waals surface area (Å²) in [7, 11) is 1.64. The van der Waals surface area contributed by atoms with Gasteiger partial charge in [-0.05, 0) is 38.7 Å². The molecule has 0 heterocycles. The molecule has 0 spiro atoms. The number of aliphatic carboxylic acids is 1. The first-order valence-electron chi connectivity index (χ1n) is 6.66. The highest BCUT2D eigenvalue weighted by Crippen LogP contribution is 2.35. The second kappa shape index (κ2) is 5.61. The molecule has 0 radical (unpaired) electrons. The monoisotopic (exact) mass is 263 g/mol. The van der Waals surface area contributed by atoms with Crippen molar-refractivity contribution >= 4 is 5.97 Å². The molecule has 19 heavy (non-hydrogen) atoms. The smallest absolute Gasteiger partial charge is 0.320 e. The van der Waals surface area contributed by atoms with Crippen molar-refractivity contribution in [1.29, 1.82) is 0 Å². The number of carbonyl (C=O) groups is 1. The van der Waals surface area contributed by atoms with Crippen LogP contribution in [0.15, 0.2) is 18.2 Å². The fourth-order valence-electron chi connectivity index (χ4n) is 2.39. The van der Waals surface area contributed by atoms with E-state index >= 15 is 0 Å². The zero-order valence-electron chi connectivity index (χ0n) is 11.6. The van der Waals surface area contributed by atoms with Gasteiger partial charge in [0.25, 0.3) is 0 Å². The molecule has 1 aromatic carbocycles. The summed E-state index contributed by atoms with van der Waals surface area (Å²) in [6, 6.07) is 5.46. The molecular formula is C15H21NO3. The van der Waals surface area contributed by atoms with Gasteiger partial charge >= 0.3 is 5.97 Å². The lowest BCUT2D eigenvalue weighted by molar-refractivity contribution is -0.140. The minimum atomic E-state index is -0.763. The number of carboxylic acids is 1. The van der Waals surface area contributed by atoms with Gasteiger partial charge in [0, 0.05) is 11.6 Å². The molecule has 2 rings (SSSR count). The Bertz CT molecular complexity index is 468. The van der Waals surface area contributed by atoms with E-state index in [-0.39, 0.29) is 12.0 Å². The molecule has 1 aliphatic carbocycles. The van der Waals surface area contributed by atoms with Gasteiger partial charge in [0.1, 0.15) is 11.8 Å². The lowest BCUT2D eigenvalue weighted by Gasteiger charge is -2.22. The molecule has 2 unspecified atom stereocenters. The van der Waals surface area contributed by atoms with Gasteiger partial charge in [0.2, 0.25) is 0 Å². The Balaban J connectivity index is 2.16. The van der Waals surface area contributed by atoms with Crippen LogP contribution >= 0.6 is 0 Å². The molecule has 104 valence electrons. The summed E-state index contributed by atoms with van der Waals surface area (Å²) in [6.45, 7) is 4.00. The van der Waals surface area contributed by atoms with Crippen LogP contribution in [0.4, 0.5) is 0 Å². The standard InChI is InChI=1S/C15H21NO3/c1-9-4-7-13(19-3)12(8-9)10(2)16-14(15(17)18)11-5-6-11/h4,7-8,10-11,14,16H,5-6H2,1-3H3,(H,17,18). The molecule has 1 aliphatic rings. The Labute approximate surface area is 113 Å². The Kier molecular flexibility index (Phi) is 4.10. The normalized spacial score (nSPS) is 17.8. The third kappa shape index (κ3) is 3.26. The van der Waals surface area contributed by atoms with E-state index in [1.807, 2.05) is 32.0 Å². The van der Waals surface area contributed by atoms with Crippen LogP contribution in [0.3, 0.4) is 0 Å². The van der Waals surface area contributed by atoms with E-state index in [9.17, 15) is 9.90 Å². The Morgan fingerprint density at radius 3 is 2.68 bits per heavy atom. The van der Waals surface area contributed by atoms with Crippen LogP contribution in [0.25, 0.3) is 0 Å². The van der Waals surface area contributed by atoms with Crippen LogP contribution in [0, 0.1) is 12.8 Å². The molecule has 4 heteroatoms.